The van der Waals surface area contributed by atoms with Crippen LogP contribution >= 0.6 is 0 Å². The normalized spacial score (nSPS) is 11.4. The van der Waals surface area contributed by atoms with Gasteiger partial charge in [0, 0.05) is 17.4 Å². The number of hydrogen-bond acceptors (Lipinski definition) is 2. The number of rotatable bonds is 4. The Morgan fingerprint density at radius 3 is 2.69 bits per heavy atom. The molecule has 1 aromatic rings. The zero-order valence-electron chi connectivity index (χ0n) is 7.00. The van der Waals surface area contributed by atoms with Crippen molar-refractivity contribution in [1.82, 2.24) is 0 Å². The first-order valence-electron chi connectivity index (χ1n) is 3.89. The average Bonchev–Trinajstić information content (AvgIpc) is 2.21. The van der Waals surface area contributed by atoms with Crippen LogP contribution < -0.4 is 0 Å². The van der Waals surface area contributed by atoms with E-state index in [4.69, 9.17) is 5.53 Å². The second-order valence-electron chi connectivity index (χ2n) is 2.57. The van der Waals surface area contributed by atoms with Gasteiger partial charge in [-0.3, -0.25) is 0 Å². The van der Waals surface area contributed by atoms with E-state index in [1.807, 2.05) is 30.3 Å². The van der Waals surface area contributed by atoms with Crippen LogP contribution in [-0.2, 0) is 4.79 Å². The van der Waals surface area contributed by atoms with Gasteiger partial charge < -0.3 is 4.79 Å². The first-order chi connectivity index (χ1) is 6.38. The van der Waals surface area contributed by atoms with Crippen molar-refractivity contribution < 1.29 is 4.79 Å². The molecular formula is C9H9N3O. The number of nitrogens with zero attached hydrogens (tertiary/aromatic N) is 3. The molecule has 1 aromatic carbocycles. The minimum atomic E-state index is -0.322. The van der Waals surface area contributed by atoms with Gasteiger partial charge >= 0.3 is 0 Å². The van der Waals surface area contributed by atoms with Gasteiger partial charge in [0.05, 0.1) is 0 Å². The Morgan fingerprint density at radius 1 is 1.46 bits per heavy atom. The summed E-state index contributed by atoms with van der Waals surface area (Å²) in [6, 6.07) is 9.25. The largest absolute Gasteiger partial charge is 0.303 e. The van der Waals surface area contributed by atoms with Gasteiger partial charge in [0.1, 0.15) is 6.29 Å². The number of carbonyl (C=O) groups is 1. The highest BCUT2D eigenvalue weighted by molar-refractivity contribution is 5.62. The highest BCUT2D eigenvalue weighted by Crippen LogP contribution is 2.12. The van der Waals surface area contributed by atoms with Gasteiger partial charge in [0.2, 0.25) is 0 Å². The van der Waals surface area contributed by atoms with Crippen molar-refractivity contribution in [2.45, 2.75) is 5.92 Å². The number of carbonyl (C=O) groups excluding carboxylic acids is 1. The number of aldehydes is 1. The maximum atomic E-state index is 10.6. The third-order valence-electron chi connectivity index (χ3n) is 1.73. The Bertz CT molecular complexity index is 317. The molecule has 13 heavy (non-hydrogen) atoms. The van der Waals surface area contributed by atoms with Crippen LogP contribution in [0.4, 0.5) is 0 Å². The summed E-state index contributed by atoms with van der Waals surface area (Å²) < 4.78 is 0. The molecule has 0 bridgehead atoms. The van der Waals surface area contributed by atoms with Gasteiger partial charge in [-0.05, 0) is 11.1 Å². The van der Waals surface area contributed by atoms with E-state index in [0.29, 0.717) is 0 Å². The van der Waals surface area contributed by atoms with E-state index in [1.165, 1.54) is 0 Å². The maximum absolute atomic E-state index is 10.6. The summed E-state index contributed by atoms with van der Waals surface area (Å²) in [5, 5.41) is 3.37. The second-order valence-corrected chi connectivity index (χ2v) is 2.57. The molecule has 1 unspecified atom stereocenters. The van der Waals surface area contributed by atoms with Crippen molar-refractivity contribution in [3.8, 4) is 0 Å². The highest BCUT2D eigenvalue weighted by Gasteiger charge is 2.07. The minimum Gasteiger partial charge on any atom is -0.303 e. The molecular weight excluding hydrogens is 166 g/mol. The topological polar surface area (TPSA) is 65.8 Å². The Labute approximate surface area is 75.8 Å². The summed E-state index contributed by atoms with van der Waals surface area (Å²) >= 11 is 0. The predicted octanol–water partition coefficient (Wildman–Crippen LogP) is 2.28. The predicted molar refractivity (Wildman–Crippen MR) is 49.3 cm³/mol. The van der Waals surface area contributed by atoms with E-state index in [-0.39, 0.29) is 12.5 Å². The Kier molecular flexibility index (Phi) is 3.54. The lowest BCUT2D eigenvalue weighted by Gasteiger charge is -2.05. The van der Waals surface area contributed by atoms with Crippen molar-refractivity contribution in [3.05, 3.63) is 46.3 Å². The van der Waals surface area contributed by atoms with Gasteiger partial charge in [-0.15, -0.1) is 0 Å². The maximum Gasteiger partial charge on any atom is 0.127 e. The summed E-state index contributed by atoms with van der Waals surface area (Å²) in [6.07, 6.45) is 0.796. The first-order valence-corrected chi connectivity index (χ1v) is 3.89. The van der Waals surface area contributed by atoms with Crippen LogP contribution in [0, 0.1) is 0 Å². The smallest absolute Gasteiger partial charge is 0.127 e. The van der Waals surface area contributed by atoms with Crippen molar-refractivity contribution in [2.75, 3.05) is 6.54 Å². The minimum absolute atomic E-state index is 0.185. The van der Waals surface area contributed by atoms with Gasteiger partial charge in [-0.2, -0.15) is 0 Å². The lowest BCUT2D eigenvalue weighted by atomic mass is 10.0. The van der Waals surface area contributed by atoms with Gasteiger partial charge in [0.25, 0.3) is 0 Å². The van der Waals surface area contributed by atoms with Crippen LogP contribution in [0.15, 0.2) is 35.4 Å². The molecule has 4 heteroatoms. The molecule has 1 rings (SSSR count). The zero-order valence-corrected chi connectivity index (χ0v) is 7.00. The third kappa shape index (κ3) is 2.61. The molecule has 0 aliphatic carbocycles. The molecule has 1 atom stereocenters. The molecule has 0 amide bonds. The van der Waals surface area contributed by atoms with Crippen molar-refractivity contribution >= 4 is 6.29 Å². The lowest BCUT2D eigenvalue weighted by Crippen LogP contribution is -2.03. The van der Waals surface area contributed by atoms with Crippen LogP contribution in [0.1, 0.15) is 11.5 Å². The summed E-state index contributed by atoms with van der Waals surface area (Å²) in [6.45, 7) is 0.185. The van der Waals surface area contributed by atoms with E-state index >= 15 is 0 Å². The summed E-state index contributed by atoms with van der Waals surface area (Å²) in [7, 11) is 0. The molecule has 0 fully saturated rings. The lowest BCUT2D eigenvalue weighted by molar-refractivity contribution is -0.108. The quantitative estimate of drug-likeness (QED) is 0.299. The monoisotopic (exact) mass is 175 g/mol. The van der Waals surface area contributed by atoms with E-state index in [2.05, 4.69) is 10.0 Å². The molecule has 0 spiro atoms. The molecule has 0 aliphatic heterocycles. The van der Waals surface area contributed by atoms with Crippen LogP contribution in [0.5, 0.6) is 0 Å². The molecule has 0 aliphatic rings. The molecule has 0 saturated heterocycles. The zero-order chi connectivity index (χ0) is 9.52. The Balaban J connectivity index is 2.78. The second kappa shape index (κ2) is 4.95. The number of benzene rings is 1. The fourth-order valence-electron chi connectivity index (χ4n) is 1.05. The van der Waals surface area contributed by atoms with Crippen LogP contribution in [0.25, 0.3) is 10.4 Å². The van der Waals surface area contributed by atoms with E-state index in [9.17, 15) is 4.79 Å². The van der Waals surface area contributed by atoms with Crippen molar-refractivity contribution in [3.63, 3.8) is 0 Å². The summed E-state index contributed by atoms with van der Waals surface area (Å²) in [5.41, 5.74) is 8.98. The van der Waals surface area contributed by atoms with Crippen LogP contribution in [0.3, 0.4) is 0 Å². The highest BCUT2D eigenvalue weighted by atomic mass is 16.1. The van der Waals surface area contributed by atoms with Gasteiger partial charge in [-0.25, -0.2) is 0 Å². The standard InChI is InChI=1S/C9H9N3O/c10-12-11-6-9(7-13)8-4-2-1-3-5-8/h1-5,7,9H,6H2. The number of hydrogen-bond donors (Lipinski definition) is 0. The molecule has 0 radical (unpaired) electrons. The van der Waals surface area contributed by atoms with E-state index < -0.39 is 0 Å². The Morgan fingerprint density at radius 2 is 2.15 bits per heavy atom. The fourth-order valence-corrected chi connectivity index (χ4v) is 1.05. The fraction of sp³-hybridized carbons (Fsp3) is 0.222. The van der Waals surface area contributed by atoms with E-state index in [1.54, 1.807) is 0 Å². The molecule has 66 valence electrons. The van der Waals surface area contributed by atoms with Crippen LogP contribution in [0.2, 0.25) is 0 Å². The summed E-state index contributed by atoms with van der Waals surface area (Å²) in [5.74, 6) is -0.322. The first kappa shape index (κ1) is 9.29. The molecule has 0 heterocycles. The average molecular weight is 175 g/mol. The van der Waals surface area contributed by atoms with Gasteiger partial charge in [0.15, 0.2) is 0 Å². The molecule has 0 N–H and O–H groups in total. The summed E-state index contributed by atoms with van der Waals surface area (Å²) in [4.78, 5) is 13.2. The van der Waals surface area contributed by atoms with Crippen molar-refractivity contribution in [2.24, 2.45) is 5.11 Å². The SMILES string of the molecule is [N-]=[N+]=NCC(C=O)c1ccccc1. The van der Waals surface area contributed by atoms with Crippen LogP contribution in [-0.4, -0.2) is 12.8 Å². The number of azide groups is 1. The molecule has 0 saturated carbocycles. The van der Waals surface area contributed by atoms with Crippen molar-refractivity contribution in [1.29, 1.82) is 0 Å². The van der Waals surface area contributed by atoms with Gasteiger partial charge in [-0.1, -0.05) is 35.4 Å². The van der Waals surface area contributed by atoms with E-state index in [0.717, 1.165) is 11.8 Å². The Hall–Kier alpha value is -1.80. The molecule has 4 nitrogen and oxygen atoms in total. The third-order valence-corrected chi connectivity index (χ3v) is 1.73. The molecule has 0 aromatic heterocycles.